The number of fused-ring (bicyclic) bond motifs is 1. The van der Waals surface area contributed by atoms with Crippen LogP contribution in [0.15, 0.2) is 76.3 Å². The van der Waals surface area contributed by atoms with E-state index in [0.717, 1.165) is 16.8 Å². The molecule has 1 atom stereocenters. The number of hydrogen-bond acceptors (Lipinski definition) is 7. The third-order valence-corrected chi connectivity index (χ3v) is 7.34. The number of nitrogens with zero attached hydrogens (tertiary/aromatic N) is 3. The molecule has 5 rings (SSSR count). The highest BCUT2D eigenvalue weighted by Gasteiger charge is 2.42. The van der Waals surface area contributed by atoms with Crippen LogP contribution in [0.5, 0.6) is 0 Å². The van der Waals surface area contributed by atoms with Crippen LogP contribution < -0.4 is 0 Å². The van der Waals surface area contributed by atoms with E-state index in [4.69, 9.17) is 26.1 Å². The number of carbonyl (C=O) groups is 2. The van der Waals surface area contributed by atoms with Crippen molar-refractivity contribution in [3.05, 3.63) is 87.4 Å². The highest BCUT2D eigenvalue weighted by Crippen LogP contribution is 2.47. The molecular formula is C27H26ClN3O4S. The molecule has 1 fully saturated rings. The lowest BCUT2D eigenvalue weighted by Gasteiger charge is -2.37. The van der Waals surface area contributed by atoms with Crippen LogP contribution in [0.25, 0.3) is 5.70 Å². The minimum Gasteiger partial charge on any atom is -0.463 e. The van der Waals surface area contributed by atoms with Gasteiger partial charge in [0.2, 0.25) is 5.91 Å². The van der Waals surface area contributed by atoms with Gasteiger partial charge in [-0.2, -0.15) is 0 Å². The molecule has 1 saturated heterocycles. The Kier molecular flexibility index (Phi) is 7.46. The molecule has 9 heteroatoms. The van der Waals surface area contributed by atoms with Crippen molar-refractivity contribution in [1.29, 1.82) is 0 Å². The zero-order valence-corrected chi connectivity index (χ0v) is 21.4. The summed E-state index contributed by atoms with van der Waals surface area (Å²) in [5, 5.41) is 3.21. The number of morpholine rings is 1. The number of esters is 1. The number of amidine groups is 1. The molecule has 186 valence electrons. The average Bonchev–Trinajstić information content (AvgIpc) is 3.31. The normalized spacial score (nSPS) is 19.6. The lowest BCUT2D eigenvalue weighted by atomic mass is 9.91. The van der Waals surface area contributed by atoms with Gasteiger partial charge in [0.05, 0.1) is 43.6 Å². The van der Waals surface area contributed by atoms with Gasteiger partial charge in [0.1, 0.15) is 0 Å². The summed E-state index contributed by atoms with van der Waals surface area (Å²) < 4.78 is 10.9. The Morgan fingerprint density at radius 2 is 1.92 bits per heavy atom. The fourth-order valence-corrected chi connectivity index (χ4v) is 5.68. The molecule has 3 heterocycles. The fraction of sp³-hybridized carbons (Fsp3) is 0.296. The summed E-state index contributed by atoms with van der Waals surface area (Å²) in [6.07, 6.45) is 0.194. The number of amides is 1. The largest absolute Gasteiger partial charge is 0.463 e. The zero-order chi connectivity index (χ0) is 25.1. The van der Waals surface area contributed by atoms with Crippen molar-refractivity contribution < 1.29 is 19.1 Å². The summed E-state index contributed by atoms with van der Waals surface area (Å²) in [5.41, 5.74) is 3.40. The third kappa shape index (κ3) is 4.93. The highest BCUT2D eigenvalue weighted by atomic mass is 35.5. The first-order chi connectivity index (χ1) is 17.6. The lowest BCUT2D eigenvalue weighted by Crippen LogP contribution is -2.42. The smallest absolute Gasteiger partial charge is 0.338 e. The first-order valence-corrected chi connectivity index (χ1v) is 13.1. The number of hydrogen-bond donors (Lipinski definition) is 0. The Hall–Kier alpha value is -3.07. The molecule has 0 aliphatic carbocycles. The molecule has 2 aromatic rings. The minimum absolute atomic E-state index is 0.0202. The van der Waals surface area contributed by atoms with E-state index in [0.29, 0.717) is 47.8 Å². The minimum atomic E-state index is -0.552. The lowest BCUT2D eigenvalue weighted by molar-refractivity contribution is -0.139. The van der Waals surface area contributed by atoms with Crippen molar-refractivity contribution in [2.24, 2.45) is 4.99 Å². The van der Waals surface area contributed by atoms with Crippen molar-refractivity contribution in [2.45, 2.75) is 19.4 Å². The van der Waals surface area contributed by atoms with Crippen molar-refractivity contribution in [1.82, 2.24) is 9.80 Å². The Labute approximate surface area is 219 Å². The summed E-state index contributed by atoms with van der Waals surface area (Å²) >= 11 is 7.85. The van der Waals surface area contributed by atoms with E-state index in [1.165, 1.54) is 11.8 Å². The Morgan fingerprint density at radius 1 is 1.14 bits per heavy atom. The molecule has 0 radical (unpaired) electrons. The summed E-state index contributed by atoms with van der Waals surface area (Å²) in [7, 11) is 0. The Balaban J connectivity index is 1.60. The topological polar surface area (TPSA) is 71.4 Å². The molecule has 3 aliphatic rings. The average molecular weight is 524 g/mol. The maximum Gasteiger partial charge on any atom is 0.338 e. The molecule has 3 aliphatic heterocycles. The van der Waals surface area contributed by atoms with Crippen LogP contribution in [0, 0.1) is 0 Å². The number of carbonyl (C=O) groups excluding carboxylic acids is 2. The molecule has 1 amide bonds. The van der Waals surface area contributed by atoms with Gasteiger partial charge in [0.25, 0.3) is 0 Å². The van der Waals surface area contributed by atoms with Gasteiger partial charge in [-0.05, 0) is 30.0 Å². The van der Waals surface area contributed by atoms with E-state index in [2.05, 4.69) is 0 Å². The SMILES string of the molecule is CCOC(=O)C1=C(c2ccccc2)N=C2SC=C(CC(=O)N3CCOCC3)N2[C@H]1c1cccc(Cl)c1. The van der Waals surface area contributed by atoms with E-state index >= 15 is 0 Å². The molecule has 36 heavy (non-hydrogen) atoms. The maximum absolute atomic E-state index is 13.5. The quantitative estimate of drug-likeness (QED) is 0.503. The van der Waals surface area contributed by atoms with Crippen molar-refractivity contribution in [3.8, 4) is 0 Å². The first kappa shape index (κ1) is 24.6. The molecule has 7 nitrogen and oxygen atoms in total. The Morgan fingerprint density at radius 3 is 2.64 bits per heavy atom. The summed E-state index contributed by atoms with van der Waals surface area (Å²) in [6, 6.07) is 16.5. The number of rotatable bonds is 6. The second-order valence-corrected chi connectivity index (χ2v) is 9.74. The van der Waals surface area contributed by atoms with Crippen molar-refractivity contribution >= 4 is 46.1 Å². The summed E-state index contributed by atoms with van der Waals surface area (Å²) in [4.78, 5) is 35.4. The molecule has 0 N–H and O–H groups in total. The van der Waals surface area contributed by atoms with Crippen molar-refractivity contribution in [2.75, 3.05) is 32.9 Å². The van der Waals surface area contributed by atoms with Gasteiger partial charge in [-0.3, -0.25) is 4.79 Å². The van der Waals surface area contributed by atoms with Crippen LogP contribution in [0.4, 0.5) is 0 Å². The van der Waals surface area contributed by atoms with E-state index in [9.17, 15) is 9.59 Å². The zero-order valence-electron chi connectivity index (χ0n) is 19.9. The highest BCUT2D eigenvalue weighted by molar-refractivity contribution is 8.16. The third-order valence-electron chi connectivity index (χ3n) is 6.21. The van der Waals surface area contributed by atoms with Crippen LogP contribution in [0.3, 0.4) is 0 Å². The van der Waals surface area contributed by atoms with Crippen LogP contribution in [-0.2, 0) is 19.1 Å². The summed E-state index contributed by atoms with van der Waals surface area (Å²) in [5.74, 6) is -0.424. The van der Waals surface area contributed by atoms with E-state index in [1.54, 1.807) is 13.0 Å². The van der Waals surface area contributed by atoms with Gasteiger partial charge in [-0.15, -0.1) is 0 Å². The predicted octanol–water partition coefficient (Wildman–Crippen LogP) is 4.86. The number of halogens is 1. The molecule has 0 bridgehead atoms. The molecule has 2 aromatic carbocycles. The second-order valence-electron chi connectivity index (χ2n) is 8.47. The molecular weight excluding hydrogens is 498 g/mol. The fourth-order valence-electron chi connectivity index (χ4n) is 4.56. The Bertz CT molecular complexity index is 1250. The van der Waals surface area contributed by atoms with Crippen LogP contribution >= 0.6 is 23.4 Å². The van der Waals surface area contributed by atoms with Gasteiger partial charge < -0.3 is 19.3 Å². The van der Waals surface area contributed by atoms with E-state index < -0.39 is 12.0 Å². The second kappa shape index (κ2) is 10.9. The van der Waals surface area contributed by atoms with Gasteiger partial charge in [0, 0.05) is 29.4 Å². The first-order valence-electron chi connectivity index (χ1n) is 11.9. The monoisotopic (exact) mass is 523 g/mol. The van der Waals surface area contributed by atoms with E-state index in [-0.39, 0.29) is 18.9 Å². The molecule has 0 saturated carbocycles. The van der Waals surface area contributed by atoms with E-state index in [1.807, 2.05) is 63.7 Å². The van der Waals surface area contributed by atoms with Crippen LogP contribution in [0.1, 0.15) is 30.5 Å². The van der Waals surface area contributed by atoms with Crippen LogP contribution in [-0.4, -0.2) is 59.8 Å². The standard InChI is InChI=1S/C27H26ClN3O4S/c1-2-35-26(33)23-24(18-7-4-3-5-8-18)29-27-31(25(23)19-9-6-10-20(28)15-19)21(17-36-27)16-22(32)30-11-13-34-14-12-30/h3-10,15,17,25H,2,11-14,16H2,1H3/t25-/m0/s1. The molecule has 0 unspecified atom stereocenters. The number of ether oxygens (including phenoxy) is 2. The molecule has 0 spiro atoms. The van der Waals surface area contributed by atoms with Crippen LogP contribution in [0.2, 0.25) is 5.02 Å². The number of aliphatic imine (C=N–C) groups is 1. The van der Waals surface area contributed by atoms with Gasteiger partial charge in [-0.25, -0.2) is 9.79 Å². The number of benzene rings is 2. The molecule has 0 aromatic heterocycles. The number of thioether (sulfide) groups is 1. The van der Waals surface area contributed by atoms with Gasteiger partial charge in [0.15, 0.2) is 5.17 Å². The van der Waals surface area contributed by atoms with Gasteiger partial charge >= 0.3 is 5.97 Å². The maximum atomic E-state index is 13.5. The van der Waals surface area contributed by atoms with Gasteiger partial charge in [-0.1, -0.05) is 65.8 Å². The summed E-state index contributed by atoms with van der Waals surface area (Å²) in [6.45, 7) is 4.24. The predicted molar refractivity (Wildman–Crippen MR) is 141 cm³/mol. The van der Waals surface area contributed by atoms with Crippen molar-refractivity contribution in [3.63, 3.8) is 0 Å².